The van der Waals surface area contributed by atoms with E-state index in [1.807, 2.05) is 6.92 Å². The van der Waals surface area contributed by atoms with E-state index in [2.05, 4.69) is 17.3 Å². The largest absolute Gasteiger partial charge is 0.452 e. The molecule has 0 radical (unpaired) electrons. The summed E-state index contributed by atoms with van der Waals surface area (Å²) in [5.74, 6) is -1.14. The van der Waals surface area contributed by atoms with Gasteiger partial charge in [-0.1, -0.05) is 42.6 Å². The first-order chi connectivity index (χ1) is 12.3. The number of esters is 1. The van der Waals surface area contributed by atoms with Crippen LogP contribution in [0.25, 0.3) is 0 Å². The number of hydrogen-bond acceptors (Lipinski definition) is 4. The van der Waals surface area contributed by atoms with Crippen molar-refractivity contribution in [2.24, 2.45) is 0 Å². The molecular weight excluding hydrogens is 377 g/mol. The first kappa shape index (κ1) is 20.3. The van der Waals surface area contributed by atoms with E-state index in [9.17, 15) is 9.59 Å². The van der Waals surface area contributed by atoms with E-state index in [1.54, 1.807) is 29.8 Å². The third-order valence-corrected chi connectivity index (χ3v) is 4.42. The Morgan fingerprint density at radius 2 is 2.00 bits per heavy atom. The van der Waals surface area contributed by atoms with Crippen LogP contribution in [0.1, 0.15) is 41.4 Å². The van der Waals surface area contributed by atoms with Crippen LogP contribution in [0, 0.1) is 13.8 Å². The summed E-state index contributed by atoms with van der Waals surface area (Å²) in [6.45, 7) is 5.77. The zero-order valence-corrected chi connectivity index (χ0v) is 16.4. The predicted molar refractivity (Wildman–Crippen MR) is 102 cm³/mol. The van der Waals surface area contributed by atoms with Gasteiger partial charge in [0.2, 0.25) is 0 Å². The Morgan fingerprint density at radius 1 is 1.27 bits per heavy atom. The van der Waals surface area contributed by atoms with E-state index < -0.39 is 18.5 Å². The molecule has 0 aliphatic carbocycles. The zero-order chi connectivity index (χ0) is 19.3. The number of aromatic nitrogens is 2. The Morgan fingerprint density at radius 3 is 2.69 bits per heavy atom. The van der Waals surface area contributed by atoms with Crippen LogP contribution in [-0.2, 0) is 16.1 Å². The number of halogens is 2. The van der Waals surface area contributed by atoms with Gasteiger partial charge in [-0.05, 0) is 38.0 Å². The van der Waals surface area contributed by atoms with Crippen molar-refractivity contribution in [1.82, 2.24) is 9.78 Å². The Hall–Kier alpha value is -2.05. The van der Waals surface area contributed by atoms with Crippen LogP contribution < -0.4 is 5.32 Å². The fraction of sp³-hybridized carbons (Fsp3) is 0.389. The number of carbonyl (C=O) groups excluding carboxylic acids is 2. The number of hydrogen-bond donors (Lipinski definition) is 1. The molecule has 1 aromatic carbocycles. The normalized spacial score (nSPS) is 10.7. The van der Waals surface area contributed by atoms with Crippen molar-refractivity contribution in [2.75, 3.05) is 11.9 Å². The molecule has 0 spiro atoms. The van der Waals surface area contributed by atoms with Crippen LogP contribution in [0.5, 0.6) is 0 Å². The number of amides is 1. The molecule has 0 aliphatic heterocycles. The molecule has 1 aromatic heterocycles. The van der Waals surface area contributed by atoms with Crippen molar-refractivity contribution in [3.05, 3.63) is 45.2 Å². The van der Waals surface area contributed by atoms with Gasteiger partial charge in [-0.2, -0.15) is 5.10 Å². The van der Waals surface area contributed by atoms with E-state index in [0.29, 0.717) is 22.9 Å². The standard InChI is InChI=1S/C18H21Cl2N3O3/c1-4-5-8-23-17(20)16(12(3)22-23)18(25)26-10-15(24)21-14-9-13(19)7-6-11(14)2/h6-7,9H,4-5,8,10H2,1-3H3,(H,21,24). The predicted octanol–water partition coefficient (Wildman–Crippen LogP) is 4.40. The molecular formula is C18H21Cl2N3O3. The lowest BCUT2D eigenvalue weighted by Gasteiger charge is -2.09. The van der Waals surface area contributed by atoms with E-state index in [0.717, 1.165) is 18.4 Å². The lowest BCUT2D eigenvalue weighted by atomic mass is 10.2. The number of nitrogens with one attached hydrogen (secondary N) is 1. The maximum absolute atomic E-state index is 12.3. The van der Waals surface area contributed by atoms with Crippen molar-refractivity contribution < 1.29 is 14.3 Å². The molecule has 0 aliphatic rings. The zero-order valence-electron chi connectivity index (χ0n) is 14.9. The molecule has 0 saturated carbocycles. The molecule has 1 N–H and O–H groups in total. The monoisotopic (exact) mass is 397 g/mol. The van der Waals surface area contributed by atoms with Crippen LogP contribution in [0.2, 0.25) is 10.2 Å². The number of unbranched alkanes of at least 4 members (excludes halogenated alkanes) is 1. The molecule has 1 heterocycles. The van der Waals surface area contributed by atoms with Gasteiger partial charge < -0.3 is 10.1 Å². The first-order valence-electron chi connectivity index (χ1n) is 8.29. The minimum atomic E-state index is -0.673. The molecule has 2 aromatic rings. The fourth-order valence-electron chi connectivity index (χ4n) is 2.36. The summed E-state index contributed by atoms with van der Waals surface area (Å²) in [4.78, 5) is 24.3. The number of rotatable bonds is 7. The van der Waals surface area contributed by atoms with Gasteiger partial charge in [0.25, 0.3) is 5.91 Å². The highest BCUT2D eigenvalue weighted by Gasteiger charge is 2.22. The highest BCUT2D eigenvalue weighted by molar-refractivity contribution is 6.32. The van der Waals surface area contributed by atoms with E-state index in [-0.39, 0.29) is 10.7 Å². The summed E-state index contributed by atoms with van der Waals surface area (Å²) < 4.78 is 6.67. The minimum Gasteiger partial charge on any atom is -0.452 e. The molecule has 0 bridgehead atoms. The topological polar surface area (TPSA) is 73.2 Å². The second-order valence-electron chi connectivity index (χ2n) is 5.91. The van der Waals surface area contributed by atoms with Gasteiger partial charge >= 0.3 is 5.97 Å². The number of benzene rings is 1. The molecule has 0 fully saturated rings. The average molecular weight is 398 g/mol. The summed E-state index contributed by atoms with van der Waals surface area (Å²) in [5.41, 5.74) is 2.09. The van der Waals surface area contributed by atoms with Gasteiger partial charge in [-0.25, -0.2) is 4.79 Å². The second-order valence-corrected chi connectivity index (χ2v) is 6.71. The van der Waals surface area contributed by atoms with E-state index in [4.69, 9.17) is 27.9 Å². The van der Waals surface area contributed by atoms with Crippen LogP contribution in [0.4, 0.5) is 5.69 Å². The van der Waals surface area contributed by atoms with Crippen LogP contribution in [-0.4, -0.2) is 28.3 Å². The minimum absolute atomic E-state index is 0.189. The molecule has 6 nitrogen and oxygen atoms in total. The van der Waals surface area contributed by atoms with Gasteiger partial charge in [0, 0.05) is 17.3 Å². The molecule has 8 heteroatoms. The van der Waals surface area contributed by atoms with Crippen molar-refractivity contribution in [3.63, 3.8) is 0 Å². The number of ether oxygens (including phenoxy) is 1. The van der Waals surface area contributed by atoms with Crippen molar-refractivity contribution in [3.8, 4) is 0 Å². The molecule has 0 unspecified atom stereocenters. The highest BCUT2D eigenvalue weighted by Crippen LogP contribution is 2.22. The van der Waals surface area contributed by atoms with E-state index in [1.165, 1.54) is 0 Å². The summed E-state index contributed by atoms with van der Waals surface area (Å²) in [6, 6.07) is 5.15. The fourth-order valence-corrected chi connectivity index (χ4v) is 2.87. The maximum atomic E-state index is 12.3. The lowest BCUT2D eigenvalue weighted by Crippen LogP contribution is -2.21. The SMILES string of the molecule is CCCCn1nc(C)c(C(=O)OCC(=O)Nc2cc(Cl)ccc2C)c1Cl. The van der Waals surface area contributed by atoms with Crippen LogP contribution >= 0.6 is 23.2 Å². The number of carbonyl (C=O) groups is 2. The quantitative estimate of drug-likeness (QED) is 0.702. The molecule has 0 atom stereocenters. The number of aryl methyl sites for hydroxylation is 3. The van der Waals surface area contributed by atoms with Gasteiger partial charge in [-0.3, -0.25) is 9.48 Å². The lowest BCUT2D eigenvalue weighted by molar-refractivity contribution is -0.119. The average Bonchev–Trinajstić information content (AvgIpc) is 2.88. The highest BCUT2D eigenvalue weighted by atomic mass is 35.5. The third kappa shape index (κ3) is 4.99. The van der Waals surface area contributed by atoms with Gasteiger partial charge in [0.1, 0.15) is 10.7 Å². The van der Waals surface area contributed by atoms with E-state index >= 15 is 0 Å². The molecule has 1 amide bonds. The first-order valence-corrected chi connectivity index (χ1v) is 9.05. The Kier molecular flexibility index (Phi) is 7.06. The molecule has 140 valence electrons. The van der Waals surface area contributed by atoms with Crippen molar-refractivity contribution in [2.45, 2.75) is 40.2 Å². The summed E-state index contributed by atoms with van der Waals surface area (Å²) in [5, 5.41) is 7.65. The number of nitrogens with zero attached hydrogens (tertiary/aromatic N) is 2. The second kappa shape index (κ2) is 9.05. The van der Waals surface area contributed by atoms with Gasteiger partial charge in [0.15, 0.2) is 6.61 Å². The Bertz CT molecular complexity index is 818. The summed E-state index contributed by atoms with van der Waals surface area (Å²) in [7, 11) is 0. The summed E-state index contributed by atoms with van der Waals surface area (Å²) in [6.07, 6.45) is 1.88. The molecule has 26 heavy (non-hydrogen) atoms. The maximum Gasteiger partial charge on any atom is 0.343 e. The van der Waals surface area contributed by atoms with Crippen LogP contribution in [0.3, 0.4) is 0 Å². The van der Waals surface area contributed by atoms with Crippen molar-refractivity contribution in [1.29, 1.82) is 0 Å². The Balaban J connectivity index is 1.99. The van der Waals surface area contributed by atoms with Crippen LogP contribution in [0.15, 0.2) is 18.2 Å². The molecule has 2 rings (SSSR count). The molecule has 0 saturated heterocycles. The van der Waals surface area contributed by atoms with Gasteiger partial charge in [0.05, 0.1) is 5.69 Å². The smallest absolute Gasteiger partial charge is 0.343 e. The third-order valence-electron chi connectivity index (χ3n) is 3.80. The summed E-state index contributed by atoms with van der Waals surface area (Å²) >= 11 is 12.1. The Labute approximate surface area is 162 Å². The van der Waals surface area contributed by atoms with Gasteiger partial charge in [-0.15, -0.1) is 0 Å². The van der Waals surface area contributed by atoms with Crippen molar-refractivity contribution >= 4 is 40.8 Å². The number of anilines is 1.